The first kappa shape index (κ1) is 16.5. The van der Waals surface area contributed by atoms with Crippen molar-refractivity contribution >= 4 is 23.3 Å². The maximum absolute atomic E-state index is 12.5. The molecule has 9 heteroatoms. The lowest BCUT2D eigenvalue weighted by Gasteiger charge is -2.05. The Hall–Kier alpha value is -3.36. The minimum absolute atomic E-state index is 0.103. The third-order valence-electron chi connectivity index (χ3n) is 3.98. The molecule has 0 aliphatic rings. The summed E-state index contributed by atoms with van der Waals surface area (Å²) >= 11 is 0. The summed E-state index contributed by atoms with van der Waals surface area (Å²) in [5.41, 5.74) is 3.05. The number of hydrogen-bond acceptors (Lipinski definition) is 6. The number of rotatable bonds is 4. The van der Waals surface area contributed by atoms with E-state index in [2.05, 4.69) is 15.5 Å². The Kier molecular flexibility index (Phi) is 4.14. The van der Waals surface area contributed by atoms with Crippen molar-refractivity contribution in [2.75, 3.05) is 5.43 Å². The van der Waals surface area contributed by atoms with Crippen molar-refractivity contribution in [3.63, 3.8) is 0 Å². The summed E-state index contributed by atoms with van der Waals surface area (Å²) < 4.78 is 4.03. The van der Waals surface area contributed by atoms with Crippen molar-refractivity contribution in [2.24, 2.45) is 19.2 Å². The second-order valence-corrected chi connectivity index (χ2v) is 5.49. The number of hydrazone groups is 1. The van der Waals surface area contributed by atoms with E-state index < -0.39 is 11.2 Å². The van der Waals surface area contributed by atoms with E-state index in [1.165, 1.54) is 10.8 Å². The molecule has 0 aliphatic heterocycles. The minimum atomic E-state index is -0.414. The van der Waals surface area contributed by atoms with Gasteiger partial charge in [-0.2, -0.15) is 10.1 Å². The van der Waals surface area contributed by atoms with Crippen molar-refractivity contribution in [1.29, 1.82) is 0 Å². The Morgan fingerprint density at radius 1 is 1.24 bits per heavy atom. The summed E-state index contributed by atoms with van der Waals surface area (Å²) in [5.74, 6) is 0.411. The van der Waals surface area contributed by atoms with E-state index in [1.54, 1.807) is 49.9 Å². The van der Waals surface area contributed by atoms with Crippen LogP contribution in [-0.2, 0) is 20.6 Å². The lowest BCUT2D eigenvalue weighted by Crippen LogP contribution is -2.39. The number of hydrogen-bond donors (Lipinski definition) is 2. The molecule has 0 atom stereocenters. The largest absolute Gasteiger partial charge is 0.507 e. The highest BCUT2D eigenvalue weighted by Gasteiger charge is 2.17. The van der Waals surface area contributed by atoms with Crippen LogP contribution in [0.25, 0.3) is 11.2 Å². The molecular formula is C16H18N6O3. The molecule has 130 valence electrons. The van der Waals surface area contributed by atoms with E-state index in [0.29, 0.717) is 17.0 Å². The van der Waals surface area contributed by atoms with Gasteiger partial charge in [-0.25, -0.2) is 10.2 Å². The van der Waals surface area contributed by atoms with E-state index in [0.717, 1.165) is 4.57 Å². The van der Waals surface area contributed by atoms with Crippen molar-refractivity contribution < 1.29 is 5.11 Å². The lowest BCUT2D eigenvalue weighted by molar-refractivity contribution is 0.474. The molecule has 2 aromatic heterocycles. The fourth-order valence-electron chi connectivity index (χ4n) is 2.58. The van der Waals surface area contributed by atoms with Crippen molar-refractivity contribution in [2.45, 2.75) is 13.5 Å². The highest BCUT2D eigenvalue weighted by atomic mass is 16.3. The average molecular weight is 342 g/mol. The number of para-hydroxylation sites is 1. The summed E-state index contributed by atoms with van der Waals surface area (Å²) in [4.78, 5) is 29.0. The molecule has 0 radical (unpaired) electrons. The van der Waals surface area contributed by atoms with Crippen LogP contribution in [0.5, 0.6) is 5.75 Å². The van der Waals surface area contributed by atoms with Crippen molar-refractivity contribution in [3.8, 4) is 5.75 Å². The van der Waals surface area contributed by atoms with Gasteiger partial charge in [-0.15, -0.1) is 0 Å². The summed E-state index contributed by atoms with van der Waals surface area (Å²) in [5, 5.41) is 13.8. The fourth-order valence-corrected chi connectivity index (χ4v) is 2.58. The molecule has 2 N–H and O–H groups in total. The number of aromatic nitrogens is 4. The highest BCUT2D eigenvalue weighted by Crippen LogP contribution is 2.15. The molecule has 0 aliphatic carbocycles. The number of imidazole rings is 1. The van der Waals surface area contributed by atoms with Gasteiger partial charge in [0.2, 0.25) is 5.95 Å². The average Bonchev–Trinajstić information content (AvgIpc) is 2.92. The van der Waals surface area contributed by atoms with Gasteiger partial charge in [0, 0.05) is 26.2 Å². The van der Waals surface area contributed by atoms with E-state index in [-0.39, 0.29) is 17.9 Å². The molecule has 0 spiro atoms. The Labute approximate surface area is 142 Å². The standard InChI is InChI=1S/C16H18N6O3/c1-4-22-14(24)12-13(21(3)16(22)25)18-15(20(12)2)19-17-9-10-7-5-6-8-11(10)23/h5-9,23H,4H2,1-3H3,(H,18,19)/b17-9+. The van der Waals surface area contributed by atoms with Gasteiger partial charge in [0.1, 0.15) is 5.75 Å². The van der Waals surface area contributed by atoms with Crippen LogP contribution in [0.2, 0.25) is 0 Å². The minimum Gasteiger partial charge on any atom is -0.507 e. The molecule has 0 fully saturated rings. The van der Waals surface area contributed by atoms with Crippen LogP contribution < -0.4 is 16.7 Å². The van der Waals surface area contributed by atoms with Gasteiger partial charge in [-0.3, -0.25) is 13.9 Å². The maximum Gasteiger partial charge on any atom is 0.332 e. The summed E-state index contributed by atoms with van der Waals surface area (Å²) in [6, 6.07) is 6.75. The van der Waals surface area contributed by atoms with E-state index >= 15 is 0 Å². The highest BCUT2D eigenvalue weighted by molar-refractivity contribution is 5.83. The van der Waals surface area contributed by atoms with Gasteiger partial charge < -0.3 is 9.67 Å². The van der Waals surface area contributed by atoms with Gasteiger partial charge in [-0.1, -0.05) is 12.1 Å². The van der Waals surface area contributed by atoms with Gasteiger partial charge >= 0.3 is 5.69 Å². The van der Waals surface area contributed by atoms with Crippen LogP contribution in [0.1, 0.15) is 12.5 Å². The molecule has 3 rings (SSSR count). The molecule has 0 bridgehead atoms. The van der Waals surface area contributed by atoms with Crippen LogP contribution in [0, 0.1) is 0 Å². The smallest absolute Gasteiger partial charge is 0.332 e. The topological polar surface area (TPSA) is 106 Å². The molecule has 0 saturated carbocycles. The number of nitrogens with one attached hydrogen (secondary N) is 1. The normalized spacial score (nSPS) is 11.5. The molecule has 0 amide bonds. The molecule has 0 unspecified atom stereocenters. The maximum atomic E-state index is 12.5. The Morgan fingerprint density at radius 3 is 2.64 bits per heavy atom. The van der Waals surface area contributed by atoms with Crippen LogP contribution in [0.3, 0.4) is 0 Å². The molecule has 25 heavy (non-hydrogen) atoms. The molecule has 2 heterocycles. The predicted molar refractivity (Wildman–Crippen MR) is 95.2 cm³/mol. The van der Waals surface area contributed by atoms with Crippen LogP contribution in [-0.4, -0.2) is 30.0 Å². The van der Waals surface area contributed by atoms with Gasteiger partial charge in [0.15, 0.2) is 11.2 Å². The Balaban J connectivity index is 2.04. The third kappa shape index (κ3) is 2.69. The van der Waals surface area contributed by atoms with Crippen molar-refractivity contribution in [3.05, 3.63) is 50.7 Å². The monoisotopic (exact) mass is 342 g/mol. The molecule has 0 saturated heterocycles. The third-order valence-corrected chi connectivity index (χ3v) is 3.98. The zero-order valence-electron chi connectivity index (χ0n) is 14.1. The Bertz CT molecular complexity index is 1090. The van der Waals surface area contributed by atoms with Gasteiger partial charge in [0.05, 0.1) is 6.21 Å². The fraction of sp³-hybridized carbons (Fsp3) is 0.250. The zero-order valence-corrected chi connectivity index (χ0v) is 14.1. The number of aromatic hydroxyl groups is 1. The molecule has 3 aromatic rings. The van der Waals surface area contributed by atoms with Gasteiger partial charge in [0.25, 0.3) is 5.56 Å². The Morgan fingerprint density at radius 2 is 1.96 bits per heavy atom. The predicted octanol–water partition coefficient (Wildman–Crippen LogP) is 0.605. The second-order valence-electron chi connectivity index (χ2n) is 5.49. The van der Waals surface area contributed by atoms with E-state index in [4.69, 9.17) is 0 Å². The summed E-state index contributed by atoms with van der Waals surface area (Å²) in [6.07, 6.45) is 1.44. The van der Waals surface area contributed by atoms with Crippen LogP contribution in [0.4, 0.5) is 5.95 Å². The van der Waals surface area contributed by atoms with Crippen molar-refractivity contribution in [1.82, 2.24) is 18.7 Å². The number of nitrogens with zero attached hydrogens (tertiary/aromatic N) is 5. The summed E-state index contributed by atoms with van der Waals surface area (Å²) in [6.45, 7) is 2.02. The van der Waals surface area contributed by atoms with E-state index in [9.17, 15) is 14.7 Å². The summed E-state index contributed by atoms with van der Waals surface area (Å²) in [7, 11) is 3.23. The molecular weight excluding hydrogens is 324 g/mol. The van der Waals surface area contributed by atoms with Crippen LogP contribution >= 0.6 is 0 Å². The number of aryl methyl sites for hydroxylation is 2. The molecule has 9 nitrogen and oxygen atoms in total. The lowest BCUT2D eigenvalue weighted by atomic mass is 10.2. The number of benzene rings is 1. The first-order valence-electron chi connectivity index (χ1n) is 7.69. The number of phenols is 1. The number of anilines is 1. The van der Waals surface area contributed by atoms with Crippen LogP contribution in [0.15, 0.2) is 39.0 Å². The zero-order chi connectivity index (χ0) is 18.1. The first-order valence-corrected chi connectivity index (χ1v) is 7.69. The first-order chi connectivity index (χ1) is 12.0. The number of phenolic OH excluding ortho intramolecular Hbond substituents is 1. The SMILES string of the molecule is CCn1c(=O)c2c(nc(N/N=C/c3ccccc3O)n2C)n(C)c1=O. The van der Waals surface area contributed by atoms with E-state index in [1.807, 2.05) is 0 Å². The second kappa shape index (κ2) is 6.27. The number of fused-ring (bicyclic) bond motifs is 1. The quantitative estimate of drug-likeness (QED) is 0.533. The molecule has 1 aromatic carbocycles. The van der Waals surface area contributed by atoms with Gasteiger partial charge in [-0.05, 0) is 19.1 Å².